The van der Waals surface area contributed by atoms with Crippen LogP contribution >= 0.6 is 0 Å². The maximum Gasteiger partial charge on any atom is 0.342 e. The summed E-state index contributed by atoms with van der Waals surface area (Å²) < 4.78 is 0. The van der Waals surface area contributed by atoms with E-state index in [0.29, 0.717) is 6.42 Å². The number of carbonyl (C=O) groups is 1. The van der Waals surface area contributed by atoms with Crippen LogP contribution in [0.4, 0.5) is 0 Å². The highest BCUT2D eigenvalue weighted by Crippen LogP contribution is 2.17. The van der Waals surface area contributed by atoms with Crippen molar-refractivity contribution >= 4 is 5.97 Å². The van der Waals surface area contributed by atoms with Gasteiger partial charge in [-0.1, -0.05) is 33.1 Å². The van der Waals surface area contributed by atoms with Gasteiger partial charge in [0.05, 0.1) is 0 Å². The Labute approximate surface area is 93.1 Å². The molecule has 15 heavy (non-hydrogen) atoms. The van der Waals surface area contributed by atoms with Crippen molar-refractivity contribution in [3.8, 4) is 0 Å². The fourth-order valence-corrected chi connectivity index (χ4v) is 1.36. The second-order valence-corrected chi connectivity index (χ2v) is 4.51. The number of carbonyl (C=O) groups excluding carboxylic acids is 1. The van der Waals surface area contributed by atoms with E-state index in [0.717, 1.165) is 32.1 Å². The fourth-order valence-electron chi connectivity index (χ4n) is 1.36. The second kappa shape index (κ2) is 7.69. The first kappa shape index (κ1) is 14.4. The zero-order valence-electron chi connectivity index (χ0n) is 10.5. The Morgan fingerprint density at radius 3 is 2.33 bits per heavy atom. The third-order valence-corrected chi connectivity index (χ3v) is 2.20. The largest absolute Gasteiger partial charge is 0.342 e. The summed E-state index contributed by atoms with van der Waals surface area (Å²) in [6.45, 7) is 8.03. The van der Waals surface area contributed by atoms with Gasteiger partial charge in [0.15, 0.2) is 0 Å². The number of hydrogen-bond donors (Lipinski definition) is 0. The van der Waals surface area contributed by atoms with Gasteiger partial charge in [-0.15, -0.1) is 0 Å². The topological polar surface area (TPSA) is 35.5 Å². The van der Waals surface area contributed by atoms with Crippen molar-refractivity contribution in [2.24, 2.45) is 0 Å². The van der Waals surface area contributed by atoms with Crippen LogP contribution in [0.1, 0.15) is 66.2 Å². The van der Waals surface area contributed by atoms with Gasteiger partial charge in [0.1, 0.15) is 5.60 Å². The Bertz CT molecular complexity index is 176. The molecule has 0 fully saturated rings. The average molecular weight is 216 g/mol. The SMILES string of the molecule is CCCCCC(=O)OOC(C)(C)CCC. The molecule has 0 unspecified atom stereocenters. The lowest BCUT2D eigenvalue weighted by Gasteiger charge is -2.21. The first-order valence-corrected chi connectivity index (χ1v) is 5.90. The van der Waals surface area contributed by atoms with Crippen LogP contribution < -0.4 is 0 Å². The van der Waals surface area contributed by atoms with Gasteiger partial charge in [-0.2, -0.15) is 4.89 Å². The first-order valence-electron chi connectivity index (χ1n) is 5.90. The Morgan fingerprint density at radius 1 is 1.13 bits per heavy atom. The highest BCUT2D eigenvalue weighted by atomic mass is 17.2. The molecule has 3 nitrogen and oxygen atoms in total. The second-order valence-electron chi connectivity index (χ2n) is 4.51. The summed E-state index contributed by atoms with van der Waals surface area (Å²) in [6.07, 6.45) is 5.40. The molecular formula is C12H24O3. The van der Waals surface area contributed by atoms with Gasteiger partial charge in [-0.05, 0) is 26.7 Å². The molecule has 0 spiro atoms. The van der Waals surface area contributed by atoms with Gasteiger partial charge in [-0.25, -0.2) is 4.79 Å². The molecule has 0 aromatic heterocycles. The van der Waals surface area contributed by atoms with Gasteiger partial charge in [0.25, 0.3) is 0 Å². The van der Waals surface area contributed by atoms with E-state index in [-0.39, 0.29) is 11.6 Å². The van der Waals surface area contributed by atoms with Crippen molar-refractivity contribution in [1.29, 1.82) is 0 Å². The van der Waals surface area contributed by atoms with Crippen molar-refractivity contribution < 1.29 is 14.6 Å². The Balaban J connectivity index is 3.60. The van der Waals surface area contributed by atoms with Crippen LogP contribution in [0.2, 0.25) is 0 Å². The highest BCUT2D eigenvalue weighted by Gasteiger charge is 2.20. The molecular weight excluding hydrogens is 192 g/mol. The normalized spacial score (nSPS) is 11.5. The van der Waals surface area contributed by atoms with E-state index in [1.807, 2.05) is 13.8 Å². The van der Waals surface area contributed by atoms with Crippen LogP contribution in [0.3, 0.4) is 0 Å². The van der Waals surface area contributed by atoms with Crippen LogP contribution in [0.25, 0.3) is 0 Å². The molecule has 3 heteroatoms. The summed E-state index contributed by atoms with van der Waals surface area (Å²) in [6, 6.07) is 0. The predicted octanol–water partition coefficient (Wildman–Crippen LogP) is 3.62. The van der Waals surface area contributed by atoms with E-state index in [1.165, 1.54) is 0 Å². The number of unbranched alkanes of at least 4 members (excludes halogenated alkanes) is 2. The molecule has 0 aliphatic carbocycles. The van der Waals surface area contributed by atoms with Gasteiger partial charge < -0.3 is 0 Å². The van der Waals surface area contributed by atoms with Gasteiger partial charge in [-0.3, -0.25) is 4.89 Å². The minimum Gasteiger partial charge on any atom is -0.298 e. The quantitative estimate of drug-likeness (QED) is 0.353. The molecule has 0 amide bonds. The van der Waals surface area contributed by atoms with Crippen LogP contribution in [0, 0.1) is 0 Å². The molecule has 0 aromatic rings. The Hall–Kier alpha value is -0.570. The molecule has 0 bridgehead atoms. The zero-order chi connectivity index (χ0) is 11.7. The van der Waals surface area contributed by atoms with Gasteiger partial charge in [0, 0.05) is 6.42 Å². The standard InChI is InChI=1S/C12H24O3/c1-5-7-8-9-11(13)14-15-12(3,4)10-6-2/h5-10H2,1-4H3. The summed E-state index contributed by atoms with van der Waals surface area (Å²) in [5, 5.41) is 0. The zero-order valence-corrected chi connectivity index (χ0v) is 10.5. The smallest absolute Gasteiger partial charge is 0.298 e. The van der Waals surface area contributed by atoms with E-state index in [2.05, 4.69) is 13.8 Å². The van der Waals surface area contributed by atoms with Gasteiger partial charge in [0.2, 0.25) is 0 Å². The van der Waals surface area contributed by atoms with Crippen LogP contribution in [0.15, 0.2) is 0 Å². The summed E-state index contributed by atoms with van der Waals surface area (Å²) in [4.78, 5) is 21.1. The monoisotopic (exact) mass is 216 g/mol. The minimum atomic E-state index is -0.366. The number of rotatable bonds is 8. The molecule has 0 aliphatic rings. The Kier molecular flexibility index (Phi) is 7.39. The molecule has 0 radical (unpaired) electrons. The van der Waals surface area contributed by atoms with Crippen molar-refractivity contribution in [2.45, 2.75) is 71.8 Å². The minimum absolute atomic E-state index is 0.257. The fraction of sp³-hybridized carbons (Fsp3) is 0.917. The maximum atomic E-state index is 11.2. The van der Waals surface area contributed by atoms with Crippen LogP contribution in [-0.2, 0) is 14.6 Å². The van der Waals surface area contributed by atoms with E-state index in [9.17, 15) is 4.79 Å². The van der Waals surface area contributed by atoms with Crippen molar-refractivity contribution in [1.82, 2.24) is 0 Å². The first-order chi connectivity index (χ1) is 7.02. The van der Waals surface area contributed by atoms with E-state index >= 15 is 0 Å². The van der Waals surface area contributed by atoms with Crippen LogP contribution in [-0.4, -0.2) is 11.6 Å². The van der Waals surface area contributed by atoms with Crippen molar-refractivity contribution in [2.75, 3.05) is 0 Å². The Morgan fingerprint density at radius 2 is 1.80 bits per heavy atom. The van der Waals surface area contributed by atoms with E-state index in [4.69, 9.17) is 9.78 Å². The van der Waals surface area contributed by atoms with Gasteiger partial charge >= 0.3 is 5.97 Å². The molecule has 0 saturated heterocycles. The highest BCUT2D eigenvalue weighted by molar-refractivity contribution is 5.68. The predicted molar refractivity (Wildman–Crippen MR) is 60.3 cm³/mol. The lowest BCUT2D eigenvalue weighted by Crippen LogP contribution is -2.25. The lowest BCUT2D eigenvalue weighted by molar-refractivity contribution is -0.326. The average Bonchev–Trinajstić information content (AvgIpc) is 2.15. The van der Waals surface area contributed by atoms with E-state index in [1.54, 1.807) is 0 Å². The third kappa shape index (κ3) is 8.43. The summed E-state index contributed by atoms with van der Waals surface area (Å²) in [5.41, 5.74) is -0.366. The maximum absolute atomic E-state index is 11.2. The molecule has 0 N–H and O–H groups in total. The summed E-state index contributed by atoms with van der Waals surface area (Å²) in [7, 11) is 0. The molecule has 90 valence electrons. The molecule has 0 aliphatic heterocycles. The molecule has 0 rings (SSSR count). The molecule has 0 atom stereocenters. The number of hydrogen-bond acceptors (Lipinski definition) is 3. The summed E-state index contributed by atoms with van der Waals surface area (Å²) in [5.74, 6) is -0.257. The molecule has 0 aromatic carbocycles. The third-order valence-electron chi connectivity index (χ3n) is 2.20. The van der Waals surface area contributed by atoms with Crippen molar-refractivity contribution in [3.05, 3.63) is 0 Å². The van der Waals surface area contributed by atoms with Crippen molar-refractivity contribution in [3.63, 3.8) is 0 Å². The molecule has 0 saturated carbocycles. The van der Waals surface area contributed by atoms with Crippen LogP contribution in [0.5, 0.6) is 0 Å². The lowest BCUT2D eigenvalue weighted by atomic mass is 10.0. The van der Waals surface area contributed by atoms with E-state index < -0.39 is 0 Å². The molecule has 0 heterocycles. The summed E-state index contributed by atoms with van der Waals surface area (Å²) >= 11 is 0.